The van der Waals surface area contributed by atoms with Crippen LogP contribution in [0, 0.1) is 0 Å². The van der Waals surface area contributed by atoms with Crippen molar-refractivity contribution in [3.05, 3.63) is 24.3 Å². The fraction of sp³-hybridized carbons (Fsp3) is 0.364. The van der Waals surface area contributed by atoms with Gasteiger partial charge in [0.05, 0.1) is 18.6 Å². The van der Waals surface area contributed by atoms with Crippen LogP contribution in [0.15, 0.2) is 24.3 Å². The number of rotatable bonds is 6. The molecule has 1 rings (SSSR count). The zero-order valence-electron chi connectivity index (χ0n) is 10.2. The molecule has 6 nitrogen and oxygen atoms in total. The number of carbonyl (C=O) groups is 1. The van der Waals surface area contributed by atoms with Gasteiger partial charge >= 0.3 is 5.97 Å². The largest absolute Gasteiger partial charge is 0.495 e. The second kappa shape index (κ2) is 5.72. The molecule has 0 bridgehead atoms. The number of hydrogen-bond donors (Lipinski definition) is 1. The van der Waals surface area contributed by atoms with E-state index in [0.29, 0.717) is 5.75 Å². The van der Waals surface area contributed by atoms with E-state index >= 15 is 0 Å². The third-order valence-electron chi connectivity index (χ3n) is 2.33. The molecule has 0 saturated heterocycles. The number of anilines is 1. The molecule has 18 heavy (non-hydrogen) atoms. The molecule has 0 aliphatic rings. The third-order valence-corrected chi connectivity index (χ3v) is 4.06. The van der Waals surface area contributed by atoms with Crippen LogP contribution in [0.4, 0.5) is 5.69 Å². The Kier molecular flexibility index (Phi) is 4.55. The zero-order valence-corrected chi connectivity index (χ0v) is 11.0. The summed E-state index contributed by atoms with van der Waals surface area (Å²) in [5.41, 5.74) is 0.226. The topological polar surface area (TPSA) is 83.9 Å². The number of carboxylic acid groups (broad SMARTS) is 1. The summed E-state index contributed by atoms with van der Waals surface area (Å²) in [5.74, 6) is -1.09. The van der Waals surface area contributed by atoms with Crippen molar-refractivity contribution < 1.29 is 23.1 Å². The quantitative estimate of drug-likeness (QED) is 0.833. The fourth-order valence-electron chi connectivity index (χ4n) is 1.45. The molecule has 7 heteroatoms. The summed E-state index contributed by atoms with van der Waals surface area (Å²) in [4.78, 5) is 10.8. The standard InChI is InChI=1S/C11H15NO5S/c1-3-18(15,16)12(8-11(13)14)9-6-4-5-7-10(9)17-2/h4-7H,3,8H2,1-2H3,(H,13,14). The Morgan fingerprint density at radius 1 is 1.39 bits per heavy atom. The summed E-state index contributed by atoms with van der Waals surface area (Å²) in [5, 5.41) is 8.82. The molecule has 0 aliphatic heterocycles. The van der Waals surface area contributed by atoms with Crippen molar-refractivity contribution in [1.29, 1.82) is 0 Å². The van der Waals surface area contributed by atoms with Crippen LogP contribution in [0.3, 0.4) is 0 Å². The van der Waals surface area contributed by atoms with Crippen molar-refractivity contribution in [2.75, 3.05) is 23.7 Å². The van der Waals surface area contributed by atoms with E-state index in [2.05, 4.69) is 0 Å². The van der Waals surface area contributed by atoms with Gasteiger partial charge in [-0.1, -0.05) is 12.1 Å². The van der Waals surface area contributed by atoms with Gasteiger partial charge in [0.2, 0.25) is 10.0 Å². The monoisotopic (exact) mass is 273 g/mol. The van der Waals surface area contributed by atoms with E-state index in [0.717, 1.165) is 4.31 Å². The Labute approximate surface area is 106 Å². The number of benzene rings is 1. The minimum Gasteiger partial charge on any atom is -0.495 e. The van der Waals surface area contributed by atoms with Gasteiger partial charge < -0.3 is 9.84 Å². The highest BCUT2D eigenvalue weighted by Crippen LogP contribution is 2.29. The number of hydrogen-bond acceptors (Lipinski definition) is 4. The molecule has 0 radical (unpaired) electrons. The molecular weight excluding hydrogens is 258 g/mol. The van der Waals surface area contributed by atoms with Gasteiger partial charge in [-0.05, 0) is 19.1 Å². The van der Waals surface area contributed by atoms with Crippen LogP contribution in [-0.4, -0.2) is 38.9 Å². The average molecular weight is 273 g/mol. The summed E-state index contributed by atoms with van der Waals surface area (Å²) < 4.78 is 29.7. The maximum Gasteiger partial charge on any atom is 0.324 e. The second-order valence-electron chi connectivity index (χ2n) is 3.47. The van der Waals surface area contributed by atoms with Crippen molar-refractivity contribution in [3.63, 3.8) is 0 Å². The Hall–Kier alpha value is -1.76. The predicted octanol–water partition coefficient (Wildman–Crippen LogP) is 0.936. The average Bonchev–Trinajstić information content (AvgIpc) is 2.35. The number of sulfonamides is 1. The summed E-state index contributed by atoms with van der Waals surface area (Å²) in [6.07, 6.45) is 0. The van der Waals surface area contributed by atoms with Crippen molar-refractivity contribution >= 4 is 21.7 Å². The van der Waals surface area contributed by atoms with Crippen molar-refractivity contribution in [1.82, 2.24) is 0 Å². The summed E-state index contributed by atoms with van der Waals surface area (Å²) in [6.45, 7) is 0.830. The second-order valence-corrected chi connectivity index (χ2v) is 5.65. The lowest BCUT2D eigenvalue weighted by Gasteiger charge is -2.23. The lowest BCUT2D eigenvalue weighted by Crippen LogP contribution is -2.37. The SMILES string of the molecule is CCS(=O)(=O)N(CC(=O)O)c1ccccc1OC. The van der Waals surface area contributed by atoms with Gasteiger partial charge in [0, 0.05) is 0 Å². The van der Waals surface area contributed by atoms with Gasteiger partial charge in [-0.25, -0.2) is 8.42 Å². The van der Waals surface area contributed by atoms with Crippen molar-refractivity contribution in [3.8, 4) is 5.75 Å². The molecule has 0 aromatic heterocycles. The lowest BCUT2D eigenvalue weighted by molar-refractivity contribution is -0.135. The summed E-state index contributed by atoms with van der Waals surface area (Å²) in [6, 6.07) is 6.39. The van der Waals surface area contributed by atoms with Crippen LogP contribution in [-0.2, 0) is 14.8 Å². The highest BCUT2D eigenvalue weighted by molar-refractivity contribution is 7.92. The van der Waals surface area contributed by atoms with Gasteiger partial charge in [0.15, 0.2) is 0 Å². The van der Waals surface area contributed by atoms with Gasteiger partial charge in [-0.15, -0.1) is 0 Å². The molecule has 0 heterocycles. The number of para-hydroxylation sites is 2. The number of ether oxygens (including phenoxy) is 1. The number of nitrogens with zero attached hydrogens (tertiary/aromatic N) is 1. The van der Waals surface area contributed by atoms with Gasteiger partial charge in [0.1, 0.15) is 12.3 Å². The molecule has 100 valence electrons. The highest BCUT2D eigenvalue weighted by atomic mass is 32.2. The maximum atomic E-state index is 11.9. The first-order valence-electron chi connectivity index (χ1n) is 5.27. The number of carboxylic acids is 1. The smallest absolute Gasteiger partial charge is 0.324 e. The van der Waals surface area contributed by atoms with E-state index < -0.39 is 22.5 Å². The van der Waals surface area contributed by atoms with Crippen LogP contribution in [0.25, 0.3) is 0 Å². The van der Waals surface area contributed by atoms with Gasteiger partial charge in [-0.2, -0.15) is 0 Å². The fourth-order valence-corrected chi connectivity index (χ4v) is 2.52. The van der Waals surface area contributed by atoms with E-state index in [1.165, 1.54) is 20.1 Å². The van der Waals surface area contributed by atoms with E-state index in [1.54, 1.807) is 18.2 Å². The molecule has 0 unspecified atom stereocenters. The zero-order chi connectivity index (χ0) is 13.8. The lowest BCUT2D eigenvalue weighted by atomic mass is 10.3. The van der Waals surface area contributed by atoms with Crippen LogP contribution >= 0.6 is 0 Å². The van der Waals surface area contributed by atoms with Gasteiger partial charge in [0.25, 0.3) is 0 Å². The first kappa shape index (κ1) is 14.3. The maximum absolute atomic E-state index is 11.9. The molecule has 1 aromatic carbocycles. The minimum absolute atomic E-state index is 0.182. The van der Waals surface area contributed by atoms with E-state index in [4.69, 9.17) is 9.84 Å². The van der Waals surface area contributed by atoms with Crippen LogP contribution < -0.4 is 9.04 Å². The molecule has 0 atom stereocenters. The van der Waals surface area contributed by atoms with E-state index in [9.17, 15) is 13.2 Å². The van der Waals surface area contributed by atoms with Crippen LogP contribution in [0.2, 0.25) is 0 Å². The Balaban J connectivity index is 3.30. The normalized spacial score (nSPS) is 11.0. The third kappa shape index (κ3) is 3.13. The highest BCUT2D eigenvalue weighted by Gasteiger charge is 2.25. The molecule has 0 amide bonds. The van der Waals surface area contributed by atoms with Gasteiger partial charge in [-0.3, -0.25) is 9.10 Å². The van der Waals surface area contributed by atoms with Crippen LogP contribution in [0.5, 0.6) is 5.75 Å². The van der Waals surface area contributed by atoms with E-state index in [1.807, 2.05) is 0 Å². The molecule has 1 N–H and O–H groups in total. The van der Waals surface area contributed by atoms with E-state index in [-0.39, 0.29) is 11.4 Å². The Morgan fingerprint density at radius 2 is 2.00 bits per heavy atom. The summed E-state index contributed by atoms with van der Waals surface area (Å²) >= 11 is 0. The molecule has 0 fully saturated rings. The van der Waals surface area contributed by atoms with Crippen molar-refractivity contribution in [2.45, 2.75) is 6.92 Å². The molecular formula is C11H15NO5S. The number of aliphatic carboxylic acids is 1. The molecule has 0 saturated carbocycles. The predicted molar refractivity (Wildman–Crippen MR) is 67.4 cm³/mol. The summed E-state index contributed by atoms with van der Waals surface area (Å²) in [7, 11) is -2.27. The molecule has 0 spiro atoms. The van der Waals surface area contributed by atoms with Crippen molar-refractivity contribution in [2.24, 2.45) is 0 Å². The first-order valence-corrected chi connectivity index (χ1v) is 6.88. The minimum atomic E-state index is -3.67. The Bertz CT molecular complexity index is 526. The molecule has 1 aromatic rings. The number of methoxy groups -OCH3 is 1. The first-order chi connectivity index (χ1) is 8.42. The van der Waals surface area contributed by atoms with Crippen LogP contribution in [0.1, 0.15) is 6.92 Å². The molecule has 0 aliphatic carbocycles. The Morgan fingerprint density at radius 3 is 2.50 bits per heavy atom.